The Morgan fingerprint density at radius 1 is 1.38 bits per heavy atom. The van der Waals surface area contributed by atoms with E-state index >= 15 is 0 Å². The first-order valence-corrected chi connectivity index (χ1v) is 3.86. The van der Waals surface area contributed by atoms with E-state index in [1.807, 2.05) is 19.2 Å². The molecule has 0 unspecified atom stereocenters. The molecule has 1 aliphatic heterocycles. The molecule has 0 bridgehead atoms. The average Bonchev–Trinajstić information content (AvgIpc) is 1.83. The summed E-state index contributed by atoms with van der Waals surface area (Å²) in [7, 11) is 0. The van der Waals surface area contributed by atoms with Crippen molar-refractivity contribution in [3.8, 4) is 0 Å². The van der Waals surface area contributed by atoms with E-state index in [0.29, 0.717) is 5.92 Å². The minimum absolute atomic E-state index is 0. The average molecular weight is 222 g/mol. The molecule has 2 heterocycles. The van der Waals surface area contributed by atoms with Crippen LogP contribution >= 0.6 is 24.8 Å². The van der Waals surface area contributed by atoms with Crippen LogP contribution in [0.4, 0.5) is 0 Å². The van der Waals surface area contributed by atoms with E-state index in [-0.39, 0.29) is 24.8 Å². The van der Waals surface area contributed by atoms with Gasteiger partial charge in [0.25, 0.3) is 0 Å². The predicted octanol–water partition coefficient (Wildman–Crippen LogP) is 1.32. The van der Waals surface area contributed by atoms with E-state index in [1.165, 1.54) is 0 Å². The maximum Gasteiger partial charge on any atom is 0.134 e. The van der Waals surface area contributed by atoms with Crippen LogP contribution in [0.1, 0.15) is 17.4 Å². The molecule has 1 fully saturated rings. The summed E-state index contributed by atoms with van der Waals surface area (Å²) in [5, 5.41) is 3.20. The zero-order chi connectivity index (χ0) is 7.68. The Morgan fingerprint density at radius 3 is 2.54 bits per heavy atom. The van der Waals surface area contributed by atoms with Gasteiger partial charge in [-0.3, -0.25) is 0 Å². The van der Waals surface area contributed by atoms with Crippen molar-refractivity contribution in [1.82, 2.24) is 15.3 Å². The monoisotopic (exact) mass is 221 g/mol. The van der Waals surface area contributed by atoms with Crippen LogP contribution in [0.5, 0.6) is 0 Å². The second-order valence-electron chi connectivity index (χ2n) is 2.91. The van der Waals surface area contributed by atoms with Gasteiger partial charge in [0, 0.05) is 30.9 Å². The van der Waals surface area contributed by atoms with Gasteiger partial charge in [-0.05, 0) is 13.0 Å². The lowest BCUT2D eigenvalue weighted by atomic mass is 10.0. The smallest absolute Gasteiger partial charge is 0.134 e. The maximum absolute atomic E-state index is 4.34. The highest BCUT2D eigenvalue weighted by atomic mass is 35.5. The summed E-state index contributed by atoms with van der Waals surface area (Å²) in [6.07, 6.45) is 1.83. The van der Waals surface area contributed by atoms with Gasteiger partial charge < -0.3 is 5.32 Å². The molecule has 1 aromatic heterocycles. The molecule has 0 aliphatic carbocycles. The summed E-state index contributed by atoms with van der Waals surface area (Å²) < 4.78 is 0. The first kappa shape index (κ1) is 12.6. The number of halogens is 2. The predicted molar refractivity (Wildman–Crippen MR) is 56.9 cm³/mol. The van der Waals surface area contributed by atoms with Gasteiger partial charge in [0.1, 0.15) is 5.82 Å². The second-order valence-corrected chi connectivity index (χ2v) is 2.91. The molecular formula is C8H13Cl2N3. The van der Waals surface area contributed by atoms with Gasteiger partial charge in [-0.15, -0.1) is 24.8 Å². The number of hydrogen-bond donors (Lipinski definition) is 1. The van der Waals surface area contributed by atoms with Crippen LogP contribution in [-0.4, -0.2) is 23.1 Å². The normalized spacial score (nSPS) is 15.2. The van der Waals surface area contributed by atoms with Gasteiger partial charge in [-0.1, -0.05) is 0 Å². The fourth-order valence-electron chi connectivity index (χ4n) is 1.14. The molecule has 0 radical (unpaired) electrons. The summed E-state index contributed by atoms with van der Waals surface area (Å²) in [6, 6.07) is 1.93. The molecule has 1 aromatic rings. The van der Waals surface area contributed by atoms with Gasteiger partial charge in [0.05, 0.1) is 0 Å². The Hall–Kier alpha value is -0.380. The number of aryl methyl sites for hydroxylation is 1. The molecular weight excluding hydrogens is 209 g/mol. The van der Waals surface area contributed by atoms with Gasteiger partial charge in [0.2, 0.25) is 0 Å². The van der Waals surface area contributed by atoms with Crippen molar-refractivity contribution in [2.24, 2.45) is 0 Å². The molecule has 2 rings (SSSR count). The number of nitrogens with one attached hydrogen (secondary N) is 1. The van der Waals surface area contributed by atoms with Crippen molar-refractivity contribution in [1.29, 1.82) is 0 Å². The number of rotatable bonds is 1. The lowest BCUT2D eigenvalue weighted by Gasteiger charge is -2.25. The van der Waals surface area contributed by atoms with Crippen LogP contribution in [0, 0.1) is 6.92 Å². The van der Waals surface area contributed by atoms with Gasteiger partial charge >= 0.3 is 0 Å². The SMILES string of the molecule is Cc1ccnc(C2CNC2)n1.Cl.Cl. The highest BCUT2D eigenvalue weighted by Gasteiger charge is 2.20. The van der Waals surface area contributed by atoms with Gasteiger partial charge in [-0.25, -0.2) is 9.97 Å². The van der Waals surface area contributed by atoms with Crippen LogP contribution in [0.3, 0.4) is 0 Å². The summed E-state index contributed by atoms with van der Waals surface area (Å²) in [6.45, 7) is 4.06. The van der Waals surface area contributed by atoms with E-state index in [0.717, 1.165) is 24.6 Å². The first-order chi connectivity index (χ1) is 5.36. The van der Waals surface area contributed by atoms with Crippen LogP contribution in [-0.2, 0) is 0 Å². The molecule has 0 saturated carbocycles. The molecule has 0 amide bonds. The third-order valence-corrected chi connectivity index (χ3v) is 1.96. The van der Waals surface area contributed by atoms with Crippen LogP contribution in [0.15, 0.2) is 12.3 Å². The quantitative estimate of drug-likeness (QED) is 0.778. The van der Waals surface area contributed by atoms with E-state index in [4.69, 9.17) is 0 Å². The molecule has 1 saturated heterocycles. The summed E-state index contributed by atoms with van der Waals surface area (Å²) >= 11 is 0. The third kappa shape index (κ3) is 2.79. The number of aromatic nitrogens is 2. The van der Waals surface area contributed by atoms with Crippen molar-refractivity contribution in [2.45, 2.75) is 12.8 Å². The Bertz CT molecular complexity index is 263. The minimum atomic E-state index is 0. The van der Waals surface area contributed by atoms with E-state index in [1.54, 1.807) is 0 Å². The van der Waals surface area contributed by atoms with Crippen molar-refractivity contribution < 1.29 is 0 Å². The largest absolute Gasteiger partial charge is 0.315 e. The van der Waals surface area contributed by atoms with E-state index < -0.39 is 0 Å². The highest BCUT2D eigenvalue weighted by Crippen LogP contribution is 2.14. The minimum Gasteiger partial charge on any atom is -0.315 e. The van der Waals surface area contributed by atoms with Crippen LogP contribution in [0.25, 0.3) is 0 Å². The molecule has 5 heteroatoms. The summed E-state index contributed by atoms with van der Waals surface area (Å²) in [5.41, 5.74) is 1.06. The van der Waals surface area contributed by atoms with Crippen molar-refractivity contribution in [3.63, 3.8) is 0 Å². The Kier molecular flexibility index (Phi) is 5.21. The molecule has 3 nitrogen and oxygen atoms in total. The second kappa shape index (κ2) is 5.37. The van der Waals surface area contributed by atoms with Crippen LogP contribution in [0.2, 0.25) is 0 Å². The molecule has 0 atom stereocenters. The third-order valence-electron chi connectivity index (χ3n) is 1.96. The lowest BCUT2D eigenvalue weighted by molar-refractivity contribution is 0.429. The number of hydrogen-bond acceptors (Lipinski definition) is 3. The zero-order valence-electron chi connectivity index (χ0n) is 7.36. The summed E-state index contributed by atoms with van der Waals surface area (Å²) in [4.78, 5) is 8.55. The van der Waals surface area contributed by atoms with Crippen molar-refractivity contribution in [3.05, 3.63) is 23.8 Å². The lowest BCUT2D eigenvalue weighted by Crippen LogP contribution is -2.40. The molecule has 0 aromatic carbocycles. The van der Waals surface area contributed by atoms with E-state index in [9.17, 15) is 0 Å². The molecule has 13 heavy (non-hydrogen) atoms. The highest BCUT2D eigenvalue weighted by molar-refractivity contribution is 5.85. The first-order valence-electron chi connectivity index (χ1n) is 3.86. The topological polar surface area (TPSA) is 37.8 Å². The standard InChI is InChI=1S/C8H11N3.2ClH/c1-6-2-3-10-8(11-6)7-4-9-5-7;;/h2-3,7,9H,4-5H2,1H3;2*1H. The summed E-state index contributed by atoms with van der Waals surface area (Å²) in [5.74, 6) is 1.54. The Morgan fingerprint density at radius 2 is 2.08 bits per heavy atom. The fraction of sp³-hybridized carbons (Fsp3) is 0.500. The maximum atomic E-state index is 4.34. The Balaban J connectivity index is 0.000000720. The Labute approximate surface area is 90.2 Å². The van der Waals surface area contributed by atoms with Crippen molar-refractivity contribution >= 4 is 24.8 Å². The number of nitrogens with zero attached hydrogens (tertiary/aromatic N) is 2. The van der Waals surface area contributed by atoms with E-state index in [2.05, 4.69) is 15.3 Å². The zero-order valence-corrected chi connectivity index (χ0v) is 8.99. The van der Waals surface area contributed by atoms with Crippen molar-refractivity contribution in [2.75, 3.05) is 13.1 Å². The van der Waals surface area contributed by atoms with Gasteiger partial charge in [0.15, 0.2) is 0 Å². The molecule has 74 valence electrons. The molecule has 0 spiro atoms. The molecule has 1 aliphatic rings. The fourth-order valence-corrected chi connectivity index (χ4v) is 1.14. The van der Waals surface area contributed by atoms with Gasteiger partial charge in [-0.2, -0.15) is 0 Å². The molecule has 1 N–H and O–H groups in total. The van der Waals surface area contributed by atoms with Crippen LogP contribution < -0.4 is 5.32 Å².